The summed E-state index contributed by atoms with van der Waals surface area (Å²) in [7, 11) is 0. The smallest absolute Gasteiger partial charge is 0.160 e. The zero-order chi connectivity index (χ0) is 40.5. The number of anilines is 3. The number of fused-ring (bicyclic) bond motifs is 5. The van der Waals surface area contributed by atoms with Crippen LogP contribution in [0.15, 0.2) is 231 Å². The third-order valence-corrected chi connectivity index (χ3v) is 11.5. The quantitative estimate of drug-likeness (QED) is 0.144. The van der Waals surface area contributed by atoms with Crippen molar-refractivity contribution in [2.24, 2.45) is 0 Å². The first-order chi connectivity index (χ1) is 30.2. The molecule has 0 spiro atoms. The lowest BCUT2D eigenvalue weighted by molar-refractivity contribution is 1.18. The third-order valence-electron chi connectivity index (χ3n) is 11.5. The number of hydrogen-bond acceptors (Lipinski definition) is 4. The summed E-state index contributed by atoms with van der Waals surface area (Å²) in [6, 6.07) is 80.9. The Hall–Kier alpha value is -8.21. The van der Waals surface area contributed by atoms with E-state index in [9.17, 15) is 0 Å². The molecule has 4 nitrogen and oxygen atoms in total. The van der Waals surface area contributed by atoms with E-state index in [1.165, 1.54) is 10.9 Å². The summed E-state index contributed by atoms with van der Waals surface area (Å²) in [5.74, 6) is 0.687. The lowest BCUT2D eigenvalue weighted by atomic mass is 9.93. The number of para-hydroxylation sites is 3. The second kappa shape index (κ2) is 15.5. The predicted molar refractivity (Wildman–Crippen MR) is 254 cm³/mol. The normalized spacial score (nSPS) is 11.3. The number of aromatic nitrogens is 3. The van der Waals surface area contributed by atoms with Crippen molar-refractivity contribution in [3.05, 3.63) is 231 Å². The highest BCUT2D eigenvalue weighted by atomic mass is 15.1. The van der Waals surface area contributed by atoms with Crippen LogP contribution in [-0.4, -0.2) is 15.0 Å². The molecule has 9 aromatic carbocycles. The largest absolute Gasteiger partial charge is 0.311 e. The second-order valence-corrected chi connectivity index (χ2v) is 15.2. The molecule has 11 rings (SSSR count). The fraction of sp³-hybridized carbons (Fsp3) is 0. The van der Waals surface area contributed by atoms with Gasteiger partial charge < -0.3 is 4.90 Å². The van der Waals surface area contributed by atoms with Gasteiger partial charge in [0.25, 0.3) is 0 Å². The lowest BCUT2D eigenvalue weighted by Gasteiger charge is -2.25. The zero-order valence-electron chi connectivity index (χ0n) is 33.2. The number of benzene rings is 9. The average molecular weight is 779 g/mol. The van der Waals surface area contributed by atoms with Gasteiger partial charge in [-0.2, -0.15) is 0 Å². The minimum Gasteiger partial charge on any atom is -0.311 e. The summed E-state index contributed by atoms with van der Waals surface area (Å²) in [4.78, 5) is 18.0. The average Bonchev–Trinajstić information content (AvgIpc) is 3.35. The maximum Gasteiger partial charge on any atom is 0.160 e. The molecule has 0 saturated heterocycles. The van der Waals surface area contributed by atoms with Crippen LogP contribution in [0.2, 0.25) is 0 Å². The molecule has 0 unspecified atom stereocenters. The molecule has 61 heavy (non-hydrogen) atoms. The molecule has 0 saturated carbocycles. The molecule has 286 valence electrons. The van der Waals surface area contributed by atoms with E-state index >= 15 is 0 Å². The SMILES string of the molecule is c1ccc(-c2ccc(-c3nc(-c4ccccc4)cc(-c4ccc5ccc6c(-c7ccc(N(c8ccccc8)c8ccccc8)cc7)nc7ccccc7c6c5c4)n3)cc2)cc1. The van der Waals surface area contributed by atoms with Gasteiger partial charge in [0, 0.05) is 55.5 Å². The Morgan fingerprint density at radius 1 is 0.295 bits per heavy atom. The van der Waals surface area contributed by atoms with Crippen LogP contribution in [0.1, 0.15) is 0 Å². The molecule has 0 aliphatic carbocycles. The maximum absolute atomic E-state index is 5.33. The minimum atomic E-state index is 0.687. The predicted octanol–water partition coefficient (Wildman–Crippen LogP) is 15.1. The summed E-state index contributed by atoms with van der Waals surface area (Å²) in [6.45, 7) is 0. The van der Waals surface area contributed by atoms with Gasteiger partial charge in [-0.25, -0.2) is 15.0 Å². The van der Waals surface area contributed by atoms with E-state index in [1.54, 1.807) is 0 Å². The van der Waals surface area contributed by atoms with Crippen LogP contribution in [0, 0.1) is 0 Å². The highest BCUT2D eigenvalue weighted by Gasteiger charge is 2.17. The van der Waals surface area contributed by atoms with Crippen LogP contribution in [0.25, 0.3) is 88.7 Å². The monoisotopic (exact) mass is 778 g/mol. The Morgan fingerprint density at radius 3 is 1.46 bits per heavy atom. The summed E-state index contributed by atoms with van der Waals surface area (Å²) in [6.07, 6.45) is 0. The van der Waals surface area contributed by atoms with Gasteiger partial charge in [0.05, 0.1) is 22.6 Å². The standard InChI is InChI=1S/C57H38N4/c1-5-15-39(16-6-1)40-25-28-44(29-26-40)57-59-53(42-17-7-2-8-18-42)38-54(60-57)45-30-27-41-33-36-50-55(51(41)37-45)49-23-13-14-24-52(49)58-56(50)43-31-34-48(35-32-43)61(46-19-9-3-10-20-46)47-21-11-4-12-22-47/h1-38H. The zero-order valence-corrected chi connectivity index (χ0v) is 33.2. The van der Waals surface area contributed by atoms with E-state index in [4.69, 9.17) is 15.0 Å². The fourth-order valence-corrected chi connectivity index (χ4v) is 8.44. The van der Waals surface area contributed by atoms with Gasteiger partial charge in [0.1, 0.15) is 0 Å². The van der Waals surface area contributed by atoms with E-state index in [0.29, 0.717) is 5.82 Å². The molecular formula is C57H38N4. The van der Waals surface area contributed by atoms with Gasteiger partial charge in [-0.05, 0) is 76.5 Å². The van der Waals surface area contributed by atoms with Gasteiger partial charge in [-0.3, -0.25) is 0 Å². The summed E-state index contributed by atoms with van der Waals surface area (Å²) >= 11 is 0. The van der Waals surface area contributed by atoms with Gasteiger partial charge in [0.15, 0.2) is 5.82 Å². The first-order valence-electron chi connectivity index (χ1n) is 20.6. The van der Waals surface area contributed by atoms with Crippen molar-refractivity contribution in [3.63, 3.8) is 0 Å². The number of nitrogens with zero attached hydrogens (tertiary/aromatic N) is 4. The molecule has 4 heteroatoms. The molecule has 0 atom stereocenters. The highest BCUT2D eigenvalue weighted by molar-refractivity contribution is 6.22. The molecule has 0 bridgehead atoms. The molecular weight excluding hydrogens is 741 g/mol. The Morgan fingerprint density at radius 2 is 0.787 bits per heavy atom. The number of pyridine rings is 1. The van der Waals surface area contributed by atoms with Gasteiger partial charge in [0.2, 0.25) is 0 Å². The minimum absolute atomic E-state index is 0.687. The van der Waals surface area contributed by atoms with Crippen LogP contribution in [0.5, 0.6) is 0 Å². The van der Waals surface area contributed by atoms with Crippen LogP contribution in [-0.2, 0) is 0 Å². The highest BCUT2D eigenvalue weighted by Crippen LogP contribution is 2.41. The van der Waals surface area contributed by atoms with Crippen molar-refractivity contribution >= 4 is 49.5 Å². The molecule has 0 aliphatic rings. The lowest BCUT2D eigenvalue weighted by Crippen LogP contribution is -2.09. The summed E-state index contributed by atoms with van der Waals surface area (Å²) in [5.41, 5.74) is 13.4. The second-order valence-electron chi connectivity index (χ2n) is 15.2. The van der Waals surface area contributed by atoms with Gasteiger partial charge in [-0.15, -0.1) is 0 Å². The molecule has 0 N–H and O–H groups in total. The van der Waals surface area contributed by atoms with Crippen LogP contribution in [0.3, 0.4) is 0 Å². The van der Waals surface area contributed by atoms with Crippen LogP contribution < -0.4 is 4.90 Å². The van der Waals surface area contributed by atoms with Crippen LogP contribution >= 0.6 is 0 Å². The van der Waals surface area contributed by atoms with Crippen molar-refractivity contribution in [2.75, 3.05) is 4.90 Å². The molecule has 11 aromatic rings. The number of hydrogen-bond donors (Lipinski definition) is 0. The Kier molecular flexibility index (Phi) is 9.14. The molecule has 0 radical (unpaired) electrons. The van der Waals surface area contributed by atoms with E-state index in [1.807, 2.05) is 12.1 Å². The van der Waals surface area contributed by atoms with E-state index in [2.05, 4.69) is 223 Å². The maximum atomic E-state index is 5.33. The Balaban J connectivity index is 1.05. The Labute approximate surface area is 354 Å². The van der Waals surface area contributed by atoms with Crippen LogP contribution in [0.4, 0.5) is 17.1 Å². The molecule has 0 aliphatic heterocycles. The van der Waals surface area contributed by atoms with E-state index < -0.39 is 0 Å². The van der Waals surface area contributed by atoms with E-state index in [0.717, 1.165) is 89.0 Å². The molecule has 0 fully saturated rings. The van der Waals surface area contributed by atoms with Crippen molar-refractivity contribution in [3.8, 4) is 56.3 Å². The number of rotatable bonds is 8. The van der Waals surface area contributed by atoms with Crippen molar-refractivity contribution in [2.45, 2.75) is 0 Å². The third kappa shape index (κ3) is 6.86. The van der Waals surface area contributed by atoms with Crippen molar-refractivity contribution in [1.29, 1.82) is 0 Å². The fourth-order valence-electron chi connectivity index (χ4n) is 8.44. The summed E-state index contributed by atoms with van der Waals surface area (Å²) in [5, 5.41) is 5.70. The Bertz CT molecular complexity index is 3280. The van der Waals surface area contributed by atoms with Gasteiger partial charge in [-0.1, -0.05) is 176 Å². The summed E-state index contributed by atoms with van der Waals surface area (Å²) < 4.78 is 0. The van der Waals surface area contributed by atoms with Crippen molar-refractivity contribution in [1.82, 2.24) is 15.0 Å². The molecule has 2 aromatic heterocycles. The van der Waals surface area contributed by atoms with Gasteiger partial charge >= 0.3 is 0 Å². The molecule has 0 amide bonds. The topological polar surface area (TPSA) is 41.9 Å². The van der Waals surface area contributed by atoms with E-state index in [-0.39, 0.29) is 0 Å². The first-order valence-corrected chi connectivity index (χ1v) is 20.6. The first kappa shape index (κ1) is 35.9. The van der Waals surface area contributed by atoms with Crippen molar-refractivity contribution < 1.29 is 0 Å². The molecule has 2 heterocycles.